The number of halogens is 1. The van der Waals surface area contributed by atoms with Crippen molar-refractivity contribution >= 4 is 35.3 Å². The molecule has 0 atom stereocenters. The third kappa shape index (κ3) is 7.10. The zero-order chi connectivity index (χ0) is 15.7. The van der Waals surface area contributed by atoms with Crippen LogP contribution in [-0.4, -0.2) is 30.8 Å². The summed E-state index contributed by atoms with van der Waals surface area (Å²) in [6, 6.07) is 5.80. The molecule has 0 heterocycles. The molecule has 1 rings (SSSR count). The van der Waals surface area contributed by atoms with Gasteiger partial charge in [0.25, 0.3) is 0 Å². The van der Waals surface area contributed by atoms with Crippen LogP contribution in [0.1, 0.15) is 12.5 Å². The van der Waals surface area contributed by atoms with Crippen LogP contribution in [-0.2, 0) is 5.75 Å². The highest BCUT2D eigenvalue weighted by Crippen LogP contribution is 2.27. The number of rotatable bonds is 7. The number of hydrogen-bond donors (Lipinski definition) is 3. The Hall–Kier alpha value is -1.60. The fourth-order valence-electron chi connectivity index (χ4n) is 1.49. The Kier molecular flexibility index (Phi) is 7.78. The maximum atomic E-state index is 6.13. The molecule has 6 nitrogen and oxygen atoms in total. The van der Waals surface area contributed by atoms with Crippen LogP contribution < -0.4 is 21.9 Å². The van der Waals surface area contributed by atoms with Gasteiger partial charge in [0.2, 0.25) is 5.96 Å². The lowest BCUT2D eigenvalue weighted by atomic mass is 10.2. The number of guanidine groups is 2. The summed E-state index contributed by atoms with van der Waals surface area (Å²) in [7, 11) is 0. The summed E-state index contributed by atoms with van der Waals surface area (Å²) < 4.78 is 5.39. The number of nitrogens with two attached hydrogens (primary N) is 3. The molecule has 0 amide bonds. The number of thioether (sulfide) groups is 1. The van der Waals surface area contributed by atoms with Crippen molar-refractivity contribution in [1.82, 2.24) is 0 Å². The molecule has 0 unspecified atom stereocenters. The van der Waals surface area contributed by atoms with E-state index < -0.39 is 0 Å². The molecule has 0 fully saturated rings. The van der Waals surface area contributed by atoms with Crippen molar-refractivity contribution in [2.24, 2.45) is 27.2 Å². The number of benzene rings is 1. The Morgan fingerprint density at radius 1 is 1.33 bits per heavy atom. The Morgan fingerprint density at radius 3 is 2.71 bits per heavy atom. The zero-order valence-electron chi connectivity index (χ0n) is 11.9. The van der Waals surface area contributed by atoms with Crippen LogP contribution in [0, 0.1) is 0 Å². The van der Waals surface area contributed by atoms with Gasteiger partial charge in [0.1, 0.15) is 5.75 Å². The Morgan fingerprint density at radius 2 is 2.10 bits per heavy atom. The second-order valence-corrected chi connectivity index (χ2v) is 5.54. The molecule has 1 aromatic rings. The predicted octanol–water partition coefficient (Wildman–Crippen LogP) is 1.56. The fourth-order valence-corrected chi connectivity index (χ4v) is 2.53. The monoisotopic (exact) mass is 329 g/mol. The first-order valence-electron chi connectivity index (χ1n) is 6.41. The number of ether oxygens (including phenoxy) is 1. The van der Waals surface area contributed by atoms with E-state index in [1.165, 1.54) is 0 Å². The second-order valence-electron chi connectivity index (χ2n) is 4.03. The van der Waals surface area contributed by atoms with Crippen LogP contribution in [0.2, 0.25) is 5.02 Å². The molecule has 0 saturated heterocycles. The van der Waals surface area contributed by atoms with Gasteiger partial charge < -0.3 is 21.9 Å². The van der Waals surface area contributed by atoms with Crippen molar-refractivity contribution in [2.45, 2.75) is 12.7 Å². The maximum Gasteiger partial charge on any atom is 0.218 e. The Labute approximate surface area is 133 Å². The van der Waals surface area contributed by atoms with Crippen LogP contribution in [0.3, 0.4) is 0 Å². The molecule has 0 aliphatic carbocycles. The van der Waals surface area contributed by atoms with Gasteiger partial charge in [-0.2, -0.15) is 16.8 Å². The predicted molar refractivity (Wildman–Crippen MR) is 91.1 cm³/mol. The third-order valence-corrected chi connectivity index (χ3v) is 3.62. The van der Waals surface area contributed by atoms with Gasteiger partial charge >= 0.3 is 0 Å². The van der Waals surface area contributed by atoms with Crippen molar-refractivity contribution in [3.05, 3.63) is 28.8 Å². The molecule has 0 aliphatic heterocycles. The largest absolute Gasteiger partial charge is 0.492 e. The van der Waals surface area contributed by atoms with Gasteiger partial charge in [-0.1, -0.05) is 17.7 Å². The van der Waals surface area contributed by atoms with Crippen LogP contribution in [0.5, 0.6) is 5.75 Å². The molecule has 0 aliphatic rings. The van der Waals surface area contributed by atoms with Gasteiger partial charge in [0.05, 0.1) is 18.2 Å². The van der Waals surface area contributed by atoms with Crippen molar-refractivity contribution < 1.29 is 4.74 Å². The molecule has 1 aromatic carbocycles. The number of hydrogen-bond acceptors (Lipinski definition) is 3. The molecule has 8 heteroatoms. The molecule has 116 valence electrons. The molecule has 0 radical (unpaired) electrons. The lowest BCUT2D eigenvalue weighted by Crippen LogP contribution is -2.26. The van der Waals surface area contributed by atoms with Crippen LogP contribution in [0.25, 0.3) is 0 Å². The lowest BCUT2D eigenvalue weighted by Gasteiger charge is -2.07. The zero-order valence-corrected chi connectivity index (χ0v) is 13.5. The molecule has 0 saturated carbocycles. The van der Waals surface area contributed by atoms with E-state index >= 15 is 0 Å². The minimum absolute atomic E-state index is 0.0899. The summed E-state index contributed by atoms with van der Waals surface area (Å²) in [5, 5.41) is 0.630. The SMILES string of the molecule is CCOc1ccc(CSCCN=C(N)N=C(N)N)cc1Cl. The van der Waals surface area contributed by atoms with E-state index in [-0.39, 0.29) is 11.9 Å². The van der Waals surface area contributed by atoms with Crippen molar-refractivity contribution in [3.8, 4) is 5.75 Å². The average molecular weight is 330 g/mol. The van der Waals surface area contributed by atoms with E-state index in [0.717, 1.165) is 17.1 Å². The van der Waals surface area contributed by atoms with Crippen molar-refractivity contribution in [2.75, 3.05) is 18.9 Å². The minimum Gasteiger partial charge on any atom is -0.492 e. The fraction of sp³-hybridized carbons (Fsp3) is 0.385. The molecule has 21 heavy (non-hydrogen) atoms. The molecule has 6 N–H and O–H groups in total. The van der Waals surface area contributed by atoms with Gasteiger partial charge in [-0.3, -0.25) is 4.99 Å². The minimum atomic E-state index is -0.0899. The third-order valence-electron chi connectivity index (χ3n) is 2.32. The molecule has 0 spiro atoms. The average Bonchev–Trinajstić information content (AvgIpc) is 2.40. The maximum absolute atomic E-state index is 6.13. The summed E-state index contributed by atoms with van der Waals surface area (Å²) in [4.78, 5) is 7.66. The first-order chi connectivity index (χ1) is 10.0. The highest BCUT2D eigenvalue weighted by molar-refractivity contribution is 7.98. The Balaban J connectivity index is 2.36. The number of nitrogens with zero attached hydrogens (tertiary/aromatic N) is 2. The van der Waals surface area contributed by atoms with E-state index in [4.69, 9.17) is 33.5 Å². The normalized spacial score (nSPS) is 11.2. The summed E-state index contributed by atoms with van der Waals surface area (Å²) in [5.41, 5.74) is 17.0. The van der Waals surface area contributed by atoms with Crippen LogP contribution in [0.4, 0.5) is 0 Å². The highest BCUT2D eigenvalue weighted by atomic mass is 35.5. The summed E-state index contributed by atoms with van der Waals surface area (Å²) in [6.07, 6.45) is 0. The quantitative estimate of drug-likeness (QED) is 0.399. The van der Waals surface area contributed by atoms with Gasteiger partial charge in [-0.05, 0) is 24.6 Å². The highest BCUT2D eigenvalue weighted by Gasteiger charge is 2.02. The lowest BCUT2D eigenvalue weighted by molar-refractivity contribution is 0.340. The summed E-state index contributed by atoms with van der Waals surface area (Å²) in [5.74, 6) is 2.37. The topological polar surface area (TPSA) is 112 Å². The first-order valence-corrected chi connectivity index (χ1v) is 7.94. The van der Waals surface area contributed by atoms with Crippen molar-refractivity contribution in [3.63, 3.8) is 0 Å². The van der Waals surface area contributed by atoms with E-state index in [0.29, 0.717) is 23.9 Å². The molecule has 0 aromatic heterocycles. The van der Waals surface area contributed by atoms with Gasteiger partial charge in [-0.25, -0.2) is 0 Å². The van der Waals surface area contributed by atoms with Gasteiger partial charge in [-0.15, -0.1) is 0 Å². The van der Waals surface area contributed by atoms with Gasteiger partial charge in [0, 0.05) is 11.5 Å². The first kappa shape index (κ1) is 17.5. The Bertz CT molecular complexity index is 517. The summed E-state index contributed by atoms with van der Waals surface area (Å²) in [6.45, 7) is 3.08. The van der Waals surface area contributed by atoms with Crippen molar-refractivity contribution in [1.29, 1.82) is 0 Å². The summed E-state index contributed by atoms with van der Waals surface area (Å²) >= 11 is 7.85. The standard InChI is InChI=1S/C13H20ClN5OS/c1-2-20-11-4-3-9(7-10(11)14)8-21-6-5-18-13(17)19-12(15)16/h3-4,7H,2,5-6,8H2,1H3,(H6,15,16,17,18,19). The molecular formula is C13H20ClN5OS. The van der Waals surface area contributed by atoms with E-state index in [1.54, 1.807) is 11.8 Å². The van der Waals surface area contributed by atoms with Gasteiger partial charge in [0.15, 0.2) is 5.96 Å². The molecular weight excluding hydrogens is 310 g/mol. The second kappa shape index (κ2) is 9.36. The van der Waals surface area contributed by atoms with Crippen LogP contribution in [0.15, 0.2) is 28.2 Å². The molecule has 0 bridgehead atoms. The van der Waals surface area contributed by atoms with E-state index in [1.807, 2.05) is 25.1 Å². The van der Waals surface area contributed by atoms with Crippen LogP contribution >= 0.6 is 23.4 Å². The van der Waals surface area contributed by atoms with E-state index in [2.05, 4.69) is 9.98 Å². The number of aliphatic imine (C=N–C) groups is 2. The van der Waals surface area contributed by atoms with E-state index in [9.17, 15) is 0 Å². The smallest absolute Gasteiger partial charge is 0.218 e.